The molecule has 0 aliphatic heterocycles. The lowest BCUT2D eigenvalue weighted by Gasteiger charge is -1.99. The number of nitrogens with zero attached hydrogens (tertiary/aromatic N) is 2. The van der Waals surface area contributed by atoms with E-state index in [-0.39, 0.29) is 5.63 Å². The zero-order valence-corrected chi connectivity index (χ0v) is 12.3. The summed E-state index contributed by atoms with van der Waals surface area (Å²) in [5.41, 5.74) is 1.64. The van der Waals surface area contributed by atoms with E-state index in [1.165, 1.54) is 23.3 Å². The first kappa shape index (κ1) is 12.7. The van der Waals surface area contributed by atoms with Gasteiger partial charge in [0, 0.05) is 17.3 Å². The normalized spacial score (nSPS) is 14.9. The average Bonchev–Trinajstić information content (AvgIpc) is 2.71. The molecule has 0 atom stereocenters. The van der Waals surface area contributed by atoms with Crippen molar-refractivity contribution in [3.8, 4) is 11.5 Å². The topological polar surface area (TPSA) is 56.0 Å². The van der Waals surface area contributed by atoms with Gasteiger partial charge < -0.3 is 4.42 Å². The van der Waals surface area contributed by atoms with E-state index in [0.29, 0.717) is 11.3 Å². The van der Waals surface area contributed by atoms with Crippen molar-refractivity contribution in [1.29, 1.82) is 0 Å². The highest BCUT2D eigenvalue weighted by atomic mass is 32.1. The van der Waals surface area contributed by atoms with Crippen LogP contribution in [0.4, 0.5) is 0 Å². The average molecular weight is 298 g/mol. The van der Waals surface area contributed by atoms with Gasteiger partial charge >= 0.3 is 5.63 Å². The molecule has 0 bridgehead atoms. The second kappa shape index (κ2) is 5.07. The summed E-state index contributed by atoms with van der Waals surface area (Å²) in [5, 5.41) is 0.699. The first-order valence-electron chi connectivity index (χ1n) is 7.19. The molecule has 0 amide bonds. The van der Waals surface area contributed by atoms with Crippen LogP contribution in [-0.2, 0) is 12.8 Å². The van der Waals surface area contributed by atoms with E-state index >= 15 is 0 Å². The Balaban J connectivity index is 1.94. The molecule has 0 radical (unpaired) electrons. The van der Waals surface area contributed by atoms with E-state index in [1.807, 2.05) is 12.1 Å². The third-order valence-corrected chi connectivity index (χ3v) is 5.09. The van der Waals surface area contributed by atoms with Crippen LogP contribution in [0.25, 0.3) is 21.7 Å². The minimum absolute atomic E-state index is 0.266. The van der Waals surface area contributed by atoms with Crippen LogP contribution in [0.3, 0.4) is 0 Å². The number of rotatable bonds is 1. The molecule has 0 unspecified atom stereocenters. The molecule has 0 N–H and O–H groups in total. The fraction of sp³-hybridized carbons (Fsp3) is 0.312. The van der Waals surface area contributed by atoms with Gasteiger partial charge in [0.25, 0.3) is 0 Å². The highest BCUT2D eigenvalue weighted by Crippen LogP contribution is 2.33. The van der Waals surface area contributed by atoms with Gasteiger partial charge in [-0.1, -0.05) is 6.42 Å². The second-order valence-electron chi connectivity index (χ2n) is 5.29. The summed E-state index contributed by atoms with van der Waals surface area (Å²) in [6.07, 6.45) is 8.94. The number of hydrogen-bond acceptors (Lipinski definition) is 5. The smallest absolute Gasteiger partial charge is 0.348 e. The molecule has 0 aromatic carbocycles. The lowest BCUT2D eigenvalue weighted by Crippen LogP contribution is -2.03. The number of thiophene rings is 1. The predicted molar refractivity (Wildman–Crippen MR) is 82.6 cm³/mol. The summed E-state index contributed by atoms with van der Waals surface area (Å²) >= 11 is 1.64. The minimum Gasteiger partial charge on any atom is -0.403 e. The molecule has 0 saturated heterocycles. The van der Waals surface area contributed by atoms with Crippen LogP contribution in [-0.4, -0.2) is 9.97 Å². The van der Waals surface area contributed by atoms with Crippen LogP contribution in [0.1, 0.15) is 29.7 Å². The largest absolute Gasteiger partial charge is 0.403 e. The van der Waals surface area contributed by atoms with E-state index < -0.39 is 0 Å². The summed E-state index contributed by atoms with van der Waals surface area (Å²) in [4.78, 5) is 23.1. The summed E-state index contributed by atoms with van der Waals surface area (Å²) in [5.74, 6) is 0.358. The van der Waals surface area contributed by atoms with E-state index in [9.17, 15) is 4.79 Å². The van der Waals surface area contributed by atoms with E-state index in [1.54, 1.807) is 23.7 Å². The van der Waals surface area contributed by atoms with Crippen molar-refractivity contribution in [2.24, 2.45) is 0 Å². The molecule has 3 aromatic heterocycles. The fourth-order valence-corrected chi connectivity index (χ4v) is 4.13. The predicted octanol–water partition coefficient (Wildman–Crippen LogP) is 3.58. The molecule has 1 aliphatic rings. The van der Waals surface area contributed by atoms with Gasteiger partial charge in [-0.2, -0.15) is 0 Å². The number of fused-ring (bicyclic) bond motifs is 3. The van der Waals surface area contributed by atoms with Crippen molar-refractivity contribution in [1.82, 2.24) is 9.97 Å². The van der Waals surface area contributed by atoms with Crippen LogP contribution in [0.15, 0.2) is 33.7 Å². The molecule has 21 heavy (non-hydrogen) atoms. The van der Waals surface area contributed by atoms with Crippen LogP contribution < -0.4 is 5.63 Å². The van der Waals surface area contributed by atoms with Gasteiger partial charge in [-0.05, 0) is 43.4 Å². The van der Waals surface area contributed by atoms with Crippen molar-refractivity contribution >= 4 is 21.6 Å². The van der Waals surface area contributed by atoms with E-state index in [2.05, 4.69) is 9.97 Å². The van der Waals surface area contributed by atoms with Crippen LogP contribution in [0.5, 0.6) is 0 Å². The first-order valence-corrected chi connectivity index (χ1v) is 8.00. The van der Waals surface area contributed by atoms with Gasteiger partial charge in [0.05, 0.1) is 5.56 Å². The van der Waals surface area contributed by atoms with Crippen molar-refractivity contribution in [2.45, 2.75) is 32.1 Å². The third kappa shape index (κ3) is 2.17. The highest BCUT2D eigenvalue weighted by molar-refractivity contribution is 7.18. The minimum atomic E-state index is -0.266. The maximum atomic E-state index is 12.4. The molecule has 106 valence electrons. The second-order valence-corrected chi connectivity index (χ2v) is 6.38. The highest BCUT2D eigenvalue weighted by Gasteiger charge is 2.20. The van der Waals surface area contributed by atoms with Crippen molar-refractivity contribution in [3.05, 3.63) is 45.4 Å². The molecule has 0 spiro atoms. The molecule has 4 nitrogen and oxygen atoms in total. The Morgan fingerprint density at radius 1 is 1.19 bits per heavy atom. The molecular formula is C16H14N2O2S. The molecule has 4 rings (SSSR count). The fourth-order valence-electron chi connectivity index (χ4n) is 2.88. The van der Waals surface area contributed by atoms with Gasteiger partial charge in [-0.3, -0.25) is 4.98 Å². The molecule has 3 aromatic rings. The summed E-state index contributed by atoms with van der Waals surface area (Å²) in [6.45, 7) is 0. The molecule has 5 heteroatoms. The quantitative estimate of drug-likeness (QED) is 0.644. The zero-order valence-electron chi connectivity index (χ0n) is 11.5. The number of pyridine rings is 1. The molecule has 1 aliphatic carbocycles. The van der Waals surface area contributed by atoms with E-state index in [4.69, 9.17) is 4.42 Å². The van der Waals surface area contributed by atoms with Gasteiger partial charge in [-0.15, -0.1) is 11.3 Å². The van der Waals surface area contributed by atoms with Crippen molar-refractivity contribution in [3.63, 3.8) is 0 Å². The molecule has 0 saturated carbocycles. The lowest BCUT2D eigenvalue weighted by atomic mass is 10.1. The van der Waals surface area contributed by atoms with Crippen LogP contribution in [0.2, 0.25) is 0 Å². The Morgan fingerprint density at radius 2 is 2.10 bits per heavy atom. The zero-order chi connectivity index (χ0) is 14.2. The lowest BCUT2D eigenvalue weighted by molar-refractivity contribution is 0.518. The van der Waals surface area contributed by atoms with Crippen molar-refractivity contribution < 1.29 is 4.42 Å². The van der Waals surface area contributed by atoms with Gasteiger partial charge in [0.1, 0.15) is 10.2 Å². The summed E-state index contributed by atoms with van der Waals surface area (Å²) < 4.78 is 5.44. The van der Waals surface area contributed by atoms with Crippen molar-refractivity contribution in [2.75, 3.05) is 0 Å². The maximum Gasteiger partial charge on any atom is 0.348 e. The Morgan fingerprint density at radius 3 is 2.95 bits per heavy atom. The van der Waals surface area contributed by atoms with Crippen LogP contribution >= 0.6 is 11.3 Å². The van der Waals surface area contributed by atoms with Crippen LogP contribution in [0, 0.1) is 0 Å². The molecular weight excluding hydrogens is 284 g/mol. The molecule has 0 fully saturated rings. The molecule has 3 heterocycles. The third-order valence-electron chi connectivity index (χ3n) is 3.91. The number of hydrogen-bond donors (Lipinski definition) is 0. The SMILES string of the molecule is O=c1oc(-c2cccnc2)nc2sc3c(c12)CCCCC3. The Hall–Kier alpha value is -2.01. The maximum absolute atomic E-state index is 12.4. The number of aryl methyl sites for hydroxylation is 2. The Labute approximate surface area is 125 Å². The summed E-state index contributed by atoms with van der Waals surface area (Å²) in [7, 11) is 0. The van der Waals surface area contributed by atoms with Gasteiger partial charge in [0.2, 0.25) is 5.89 Å². The van der Waals surface area contributed by atoms with Gasteiger partial charge in [-0.25, -0.2) is 9.78 Å². The van der Waals surface area contributed by atoms with E-state index in [0.717, 1.165) is 29.7 Å². The first-order chi connectivity index (χ1) is 10.3. The monoisotopic (exact) mass is 298 g/mol. The summed E-state index contributed by atoms with van der Waals surface area (Å²) in [6, 6.07) is 3.66. The number of aromatic nitrogens is 2. The Bertz CT molecular complexity index is 852. The Kier molecular flexibility index (Phi) is 3.07. The standard InChI is InChI=1S/C16H14N2O2S/c19-16-13-11-6-2-1-3-7-12(11)21-15(13)18-14(20-16)10-5-4-8-17-9-10/h4-5,8-9H,1-3,6-7H2. The van der Waals surface area contributed by atoms with Gasteiger partial charge in [0.15, 0.2) is 0 Å².